The molecule has 0 aromatic heterocycles. The van der Waals surface area contributed by atoms with Crippen LogP contribution in [0.4, 0.5) is 5.69 Å². The molecule has 0 bridgehead atoms. The Morgan fingerprint density at radius 3 is 2.55 bits per heavy atom. The molecule has 1 aromatic rings. The van der Waals surface area contributed by atoms with E-state index >= 15 is 0 Å². The van der Waals surface area contributed by atoms with Crippen molar-refractivity contribution in [3.05, 3.63) is 24.3 Å². The molecule has 1 aliphatic heterocycles. The van der Waals surface area contributed by atoms with Crippen molar-refractivity contribution in [3.63, 3.8) is 0 Å². The minimum absolute atomic E-state index is 0.116. The van der Waals surface area contributed by atoms with Gasteiger partial charge in [-0.15, -0.1) is 0 Å². The number of phenolic OH excluding ortho intramolecular Hbond substituents is 1. The van der Waals surface area contributed by atoms with Crippen LogP contribution < -0.4 is 15.5 Å². The highest BCUT2D eigenvalue weighted by Gasteiger charge is 2.20. The second-order valence-electron chi connectivity index (χ2n) is 5.23. The van der Waals surface area contributed by atoms with Gasteiger partial charge in [-0.3, -0.25) is 14.5 Å². The molecule has 2 rings (SSSR count). The lowest BCUT2D eigenvalue weighted by molar-refractivity contribution is -0.137. The molecule has 0 atom stereocenters. The number of nitrogens with one attached hydrogen (secondary N) is 2. The lowest BCUT2D eigenvalue weighted by Crippen LogP contribution is -2.48. The highest BCUT2D eigenvalue weighted by Crippen LogP contribution is 2.17. The number of carbonyl (C=O) groups is 2. The Kier molecular flexibility index (Phi) is 5.74. The second kappa shape index (κ2) is 7.77. The number of likely N-dealkylation sites (N-methyl/N-ethyl adjacent to an activating group) is 1. The van der Waals surface area contributed by atoms with Crippen molar-refractivity contribution >= 4 is 17.5 Å². The lowest BCUT2D eigenvalue weighted by Gasteiger charge is -2.27. The number of hydrogen-bond acceptors (Lipinski definition) is 5. The minimum Gasteiger partial charge on any atom is -0.508 e. The van der Waals surface area contributed by atoms with Gasteiger partial charge in [0.25, 0.3) is 0 Å². The van der Waals surface area contributed by atoms with Gasteiger partial charge in [-0.2, -0.15) is 0 Å². The zero-order chi connectivity index (χ0) is 15.9. The fourth-order valence-corrected chi connectivity index (χ4v) is 2.28. The molecule has 0 radical (unpaired) electrons. The highest BCUT2D eigenvalue weighted by molar-refractivity contribution is 6.40. The van der Waals surface area contributed by atoms with Crippen LogP contribution in [-0.2, 0) is 9.59 Å². The van der Waals surface area contributed by atoms with E-state index in [1.807, 2.05) is 0 Å². The van der Waals surface area contributed by atoms with Crippen LogP contribution in [0.2, 0.25) is 0 Å². The van der Waals surface area contributed by atoms with E-state index in [1.165, 1.54) is 24.1 Å². The van der Waals surface area contributed by atoms with Gasteiger partial charge in [0.05, 0.1) is 0 Å². The van der Waals surface area contributed by atoms with Crippen LogP contribution in [0.5, 0.6) is 5.75 Å². The van der Waals surface area contributed by atoms with E-state index in [-0.39, 0.29) is 5.75 Å². The standard InChI is InChI=1S/C15H22N4O3/c1-18(12-2-4-13(20)5-3-12)15(22)14(21)17-8-11-19-9-6-16-7-10-19/h2-5,16,20H,6-11H2,1H3,(H,17,21). The molecule has 2 amide bonds. The number of piperazine rings is 1. The summed E-state index contributed by atoms with van der Waals surface area (Å²) >= 11 is 0. The molecule has 0 unspecified atom stereocenters. The third-order valence-electron chi connectivity index (χ3n) is 3.66. The molecule has 0 saturated carbocycles. The van der Waals surface area contributed by atoms with E-state index in [1.54, 1.807) is 12.1 Å². The van der Waals surface area contributed by atoms with Gasteiger partial charge in [0.1, 0.15) is 5.75 Å². The molecular weight excluding hydrogens is 284 g/mol. The number of aromatic hydroxyl groups is 1. The summed E-state index contributed by atoms with van der Waals surface area (Å²) in [6.45, 7) is 5.01. The fraction of sp³-hybridized carbons (Fsp3) is 0.467. The molecule has 120 valence electrons. The Bertz CT molecular complexity index is 512. The first kappa shape index (κ1) is 16.3. The summed E-state index contributed by atoms with van der Waals surface area (Å²) in [5, 5.41) is 15.1. The summed E-state index contributed by atoms with van der Waals surface area (Å²) in [6, 6.07) is 6.12. The third kappa shape index (κ3) is 4.44. The summed E-state index contributed by atoms with van der Waals surface area (Å²) in [5.41, 5.74) is 0.556. The van der Waals surface area contributed by atoms with E-state index in [9.17, 15) is 14.7 Å². The molecule has 3 N–H and O–H groups in total. The number of benzene rings is 1. The van der Waals surface area contributed by atoms with Crippen LogP contribution in [0.1, 0.15) is 0 Å². The number of nitrogens with zero attached hydrogens (tertiary/aromatic N) is 2. The number of hydrogen-bond donors (Lipinski definition) is 3. The normalized spacial score (nSPS) is 15.3. The second-order valence-corrected chi connectivity index (χ2v) is 5.23. The van der Waals surface area contributed by atoms with Crippen molar-refractivity contribution in [1.29, 1.82) is 0 Å². The van der Waals surface area contributed by atoms with Crippen LogP contribution >= 0.6 is 0 Å². The maximum absolute atomic E-state index is 12.0. The third-order valence-corrected chi connectivity index (χ3v) is 3.66. The van der Waals surface area contributed by atoms with Gasteiger partial charge in [0.15, 0.2) is 0 Å². The molecule has 1 aromatic carbocycles. The number of amides is 2. The number of phenols is 1. The first-order valence-corrected chi connectivity index (χ1v) is 7.36. The SMILES string of the molecule is CN(C(=O)C(=O)NCCN1CCNCC1)c1ccc(O)cc1. The molecule has 22 heavy (non-hydrogen) atoms. The highest BCUT2D eigenvalue weighted by atomic mass is 16.3. The van der Waals surface area contributed by atoms with E-state index in [2.05, 4.69) is 15.5 Å². The smallest absolute Gasteiger partial charge is 0.316 e. The molecule has 7 heteroatoms. The van der Waals surface area contributed by atoms with Crippen LogP contribution in [0.3, 0.4) is 0 Å². The Morgan fingerprint density at radius 1 is 1.27 bits per heavy atom. The van der Waals surface area contributed by atoms with Gasteiger partial charge in [-0.05, 0) is 24.3 Å². The number of anilines is 1. The van der Waals surface area contributed by atoms with Crippen molar-refractivity contribution in [2.45, 2.75) is 0 Å². The Morgan fingerprint density at radius 2 is 1.91 bits per heavy atom. The maximum Gasteiger partial charge on any atom is 0.316 e. The number of carbonyl (C=O) groups excluding carboxylic acids is 2. The summed E-state index contributed by atoms with van der Waals surface area (Å²) in [6.07, 6.45) is 0. The Labute approximate surface area is 129 Å². The van der Waals surface area contributed by atoms with Gasteiger partial charge in [-0.25, -0.2) is 0 Å². The predicted molar refractivity (Wildman–Crippen MR) is 83.8 cm³/mol. The van der Waals surface area contributed by atoms with E-state index in [0.717, 1.165) is 32.7 Å². The molecule has 1 heterocycles. The van der Waals surface area contributed by atoms with Crippen molar-refractivity contribution in [2.75, 3.05) is 51.2 Å². The van der Waals surface area contributed by atoms with Gasteiger partial charge < -0.3 is 20.6 Å². The predicted octanol–water partition coefficient (Wildman–Crippen LogP) is -0.624. The monoisotopic (exact) mass is 306 g/mol. The Balaban J connectivity index is 1.78. The summed E-state index contributed by atoms with van der Waals surface area (Å²) in [4.78, 5) is 27.4. The summed E-state index contributed by atoms with van der Waals surface area (Å²) < 4.78 is 0. The zero-order valence-corrected chi connectivity index (χ0v) is 12.7. The number of rotatable bonds is 4. The fourth-order valence-electron chi connectivity index (χ4n) is 2.28. The zero-order valence-electron chi connectivity index (χ0n) is 12.7. The average molecular weight is 306 g/mol. The minimum atomic E-state index is -0.620. The average Bonchev–Trinajstić information content (AvgIpc) is 2.55. The van der Waals surface area contributed by atoms with Crippen molar-refractivity contribution in [1.82, 2.24) is 15.5 Å². The molecule has 1 aliphatic rings. The molecule has 0 spiro atoms. The largest absolute Gasteiger partial charge is 0.508 e. The summed E-state index contributed by atoms with van der Waals surface area (Å²) in [7, 11) is 1.53. The van der Waals surface area contributed by atoms with Gasteiger partial charge in [0.2, 0.25) is 0 Å². The van der Waals surface area contributed by atoms with Crippen molar-refractivity contribution in [3.8, 4) is 5.75 Å². The van der Waals surface area contributed by atoms with E-state index < -0.39 is 11.8 Å². The molecule has 7 nitrogen and oxygen atoms in total. The van der Waals surface area contributed by atoms with Crippen LogP contribution in [-0.4, -0.2) is 68.1 Å². The Hall–Kier alpha value is -2.12. The quantitative estimate of drug-likeness (QED) is 0.646. The van der Waals surface area contributed by atoms with Gasteiger partial charge in [0, 0.05) is 52.0 Å². The molecule has 1 fully saturated rings. The first-order valence-electron chi connectivity index (χ1n) is 7.36. The molecular formula is C15H22N4O3. The molecule has 0 aliphatic carbocycles. The first-order chi connectivity index (χ1) is 10.6. The van der Waals surface area contributed by atoms with Crippen LogP contribution in [0.25, 0.3) is 0 Å². The van der Waals surface area contributed by atoms with Crippen LogP contribution in [0.15, 0.2) is 24.3 Å². The van der Waals surface area contributed by atoms with E-state index in [0.29, 0.717) is 12.2 Å². The van der Waals surface area contributed by atoms with Gasteiger partial charge >= 0.3 is 11.8 Å². The molecule has 1 saturated heterocycles. The van der Waals surface area contributed by atoms with Crippen molar-refractivity contribution < 1.29 is 14.7 Å². The van der Waals surface area contributed by atoms with Crippen LogP contribution in [0, 0.1) is 0 Å². The topological polar surface area (TPSA) is 84.9 Å². The van der Waals surface area contributed by atoms with E-state index in [4.69, 9.17) is 0 Å². The lowest BCUT2D eigenvalue weighted by atomic mass is 10.3. The van der Waals surface area contributed by atoms with Gasteiger partial charge in [-0.1, -0.05) is 0 Å². The van der Waals surface area contributed by atoms with Crippen molar-refractivity contribution in [2.24, 2.45) is 0 Å². The maximum atomic E-state index is 12.0. The summed E-state index contributed by atoms with van der Waals surface area (Å²) in [5.74, 6) is -1.12.